The van der Waals surface area contributed by atoms with Crippen molar-refractivity contribution < 1.29 is 13.5 Å². The third-order valence-corrected chi connectivity index (χ3v) is 20.8. The van der Waals surface area contributed by atoms with Crippen molar-refractivity contribution in [3.05, 3.63) is 42.6 Å². The molecule has 1 saturated heterocycles. The molecular formula is C46H79Cl2N2PRu. The van der Waals surface area contributed by atoms with E-state index in [1.165, 1.54) is 55.7 Å². The molecule has 2 nitrogen and oxygen atoms in total. The molecule has 0 aromatic heterocycles. The fraction of sp³-hybridized carbons (Fsp3) is 0.826. The van der Waals surface area contributed by atoms with E-state index in [0.717, 1.165) is 53.2 Å². The Morgan fingerprint density at radius 1 is 0.558 bits per heavy atom. The average molecular weight is 863 g/mol. The second-order valence-electron chi connectivity index (χ2n) is 18.9. The second kappa shape index (κ2) is 22.5. The van der Waals surface area contributed by atoms with Crippen LogP contribution in [0.25, 0.3) is 0 Å². The van der Waals surface area contributed by atoms with Crippen molar-refractivity contribution in [3.63, 3.8) is 0 Å². The van der Waals surface area contributed by atoms with Gasteiger partial charge in [0.15, 0.2) is 0 Å². The molecule has 0 radical (unpaired) electrons. The Hall–Kier alpha value is 0.643. The van der Waals surface area contributed by atoms with Crippen LogP contribution in [0.2, 0.25) is 0 Å². The first-order chi connectivity index (χ1) is 25.1. The summed E-state index contributed by atoms with van der Waals surface area (Å²) in [5, 5.41) is 0. The molecule has 52 heavy (non-hydrogen) atoms. The van der Waals surface area contributed by atoms with Gasteiger partial charge in [-0.2, -0.15) is 0 Å². The van der Waals surface area contributed by atoms with Gasteiger partial charge >= 0.3 is 73.4 Å². The summed E-state index contributed by atoms with van der Waals surface area (Å²) in [6, 6.07) is 11.4. The third kappa shape index (κ3) is 13.1. The summed E-state index contributed by atoms with van der Waals surface area (Å²) >= 11 is -1.61. The minimum absolute atomic E-state index is 0.0465. The zero-order chi connectivity index (χ0) is 37.0. The van der Waals surface area contributed by atoms with Gasteiger partial charge in [-0.25, -0.2) is 6.67 Å². The molecular weight excluding hydrogens is 783 g/mol. The van der Waals surface area contributed by atoms with Gasteiger partial charge in [0.2, 0.25) is 0 Å². The Balaban J connectivity index is 0.000000162. The first-order valence-corrected chi connectivity index (χ1v) is 29.4. The Kier molecular flexibility index (Phi) is 19.0. The van der Waals surface area contributed by atoms with Crippen molar-refractivity contribution in [1.29, 1.82) is 0 Å². The number of nitrogens with zero attached hydrogens (tertiary/aromatic N) is 2. The molecule has 300 valence electrons. The molecule has 0 bridgehead atoms. The number of hydrogen-bond donors (Lipinski definition) is 0. The molecule has 6 heteroatoms. The van der Waals surface area contributed by atoms with Crippen LogP contribution < -0.4 is 0 Å². The van der Waals surface area contributed by atoms with Crippen LogP contribution >= 0.6 is 27.3 Å². The maximum absolute atomic E-state index is 5.67. The molecule has 6 fully saturated rings. The minimum atomic E-state index is -1.61. The first-order valence-electron chi connectivity index (χ1n) is 22.2. The molecule has 1 aliphatic heterocycles. The molecule has 0 N–H and O–H groups in total. The number of rotatable bonds is 6. The van der Waals surface area contributed by atoms with Crippen molar-refractivity contribution >= 4 is 31.9 Å². The molecule has 7 rings (SSSR count). The van der Waals surface area contributed by atoms with Crippen LogP contribution in [0.3, 0.4) is 0 Å². The summed E-state index contributed by atoms with van der Waals surface area (Å²) < 4.78 is 1.92. The van der Waals surface area contributed by atoms with Gasteiger partial charge in [-0.15, -0.1) is 0 Å². The van der Waals surface area contributed by atoms with E-state index in [-0.39, 0.29) is 7.92 Å². The molecule has 0 amide bonds. The average Bonchev–Trinajstić information content (AvgIpc) is 3.58. The fourth-order valence-corrected chi connectivity index (χ4v) is 19.7. The summed E-state index contributed by atoms with van der Waals surface area (Å²) in [5.41, 5.74) is 4.80. The number of benzene rings is 1. The van der Waals surface area contributed by atoms with Crippen LogP contribution in [0, 0.1) is 42.2 Å². The zero-order valence-electron chi connectivity index (χ0n) is 34.2. The molecule has 6 aliphatic rings. The molecule has 8 atom stereocenters. The molecule has 0 spiro atoms. The van der Waals surface area contributed by atoms with Crippen LogP contribution in [0.5, 0.6) is 0 Å². The first kappa shape index (κ1) is 43.8. The Morgan fingerprint density at radius 3 is 1.23 bits per heavy atom. The summed E-state index contributed by atoms with van der Waals surface area (Å²) in [5.74, 6) is 5.18. The third-order valence-electron chi connectivity index (χ3n) is 14.3. The van der Waals surface area contributed by atoms with E-state index in [2.05, 4.69) is 58.0 Å². The molecule has 1 aromatic carbocycles. The van der Waals surface area contributed by atoms with E-state index in [1.807, 2.05) is 34.9 Å². The summed E-state index contributed by atoms with van der Waals surface area (Å²) in [4.78, 5) is 5.44. The van der Waals surface area contributed by atoms with E-state index >= 15 is 0 Å². The standard InChI is InChI=1S/C21H39N2.C18H33P.C7H6.2ClH.Ru/c1-14-9-16(3)20(17(4)10-14)22-7-8-23(13-22)21-18(5)11-15(2)12-19(21)6;1-4-10-16(11-5-1)19(17-12-6-2-7-13-17)18-14-8-3-9-15-18;1-7-5-3-2-4-6-7;;;/h13-21H,7-12H2,1-6H3;16-18H,1-15H2;1-6H;2*1H;/q-1;;;;;+2/p-1/t14?,15?,16-,17?,18+,19?,20?,21?;;;;;. The Labute approximate surface area is 337 Å². The van der Waals surface area contributed by atoms with Crippen molar-refractivity contribution in [2.75, 3.05) is 13.1 Å². The van der Waals surface area contributed by atoms with Crippen molar-refractivity contribution in [2.24, 2.45) is 35.5 Å². The van der Waals surface area contributed by atoms with Gasteiger partial charge in [0, 0.05) is 7.92 Å². The van der Waals surface area contributed by atoms with Gasteiger partial charge < -0.3 is 9.80 Å². The fourth-order valence-electron chi connectivity index (χ4n) is 12.6. The summed E-state index contributed by atoms with van der Waals surface area (Å²) in [6.07, 6.45) is 29.4. The number of hydrogen-bond acceptors (Lipinski definition) is 2. The monoisotopic (exact) mass is 862 g/mol. The van der Waals surface area contributed by atoms with E-state index in [9.17, 15) is 0 Å². The van der Waals surface area contributed by atoms with Gasteiger partial charge in [-0.3, -0.25) is 0 Å². The van der Waals surface area contributed by atoms with Crippen LogP contribution in [0.15, 0.2) is 30.3 Å². The van der Waals surface area contributed by atoms with Crippen LogP contribution in [-0.4, -0.2) is 56.6 Å². The van der Waals surface area contributed by atoms with E-state index in [4.69, 9.17) is 19.4 Å². The van der Waals surface area contributed by atoms with Crippen LogP contribution in [0.1, 0.15) is 169 Å². The topological polar surface area (TPSA) is 6.48 Å². The SMILES string of the molecule is C1CCC([PH+](C2CCCCC2)C2CCCCC2)CC1.CC1CC(C)C(N2[CH-]N(C3C(C)CC(C)C[C@@H]3C)CC2)[C@H](C)C1.[Cl][Ru]([Cl])=[CH]c1ccccc1. The normalized spacial score (nSPS) is 34.9. The Bertz CT molecular complexity index is 1060. The van der Waals surface area contributed by atoms with E-state index in [1.54, 1.807) is 96.3 Å². The van der Waals surface area contributed by atoms with Crippen LogP contribution in [-0.2, 0) is 13.5 Å². The maximum atomic E-state index is 5.67. The van der Waals surface area contributed by atoms with Gasteiger partial charge in [0.1, 0.15) is 0 Å². The van der Waals surface area contributed by atoms with Gasteiger partial charge in [0.25, 0.3) is 0 Å². The molecule has 5 aliphatic carbocycles. The molecule has 1 heterocycles. The summed E-state index contributed by atoms with van der Waals surface area (Å²) in [7, 11) is 11.3. The Morgan fingerprint density at radius 2 is 0.904 bits per heavy atom. The molecule has 5 saturated carbocycles. The quantitative estimate of drug-likeness (QED) is 0.160. The van der Waals surface area contributed by atoms with E-state index in [0.29, 0.717) is 0 Å². The molecule has 1 aromatic rings. The van der Waals surface area contributed by atoms with Gasteiger partial charge in [0.05, 0.1) is 17.0 Å². The van der Waals surface area contributed by atoms with Crippen molar-refractivity contribution in [3.8, 4) is 0 Å². The number of halogens is 2. The predicted octanol–water partition coefficient (Wildman–Crippen LogP) is 13.8. The van der Waals surface area contributed by atoms with Crippen LogP contribution in [0.4, 0.5) is 0 Å². The van der Waals surface area contributed by atoms with Gasteiger partial charge in [-0.05, 0) is 163 Å². The summed E-state index contributed by atoms with van der Waals surface area (Å²) in [6.45, 7) is 19.9. The zero-order valence-corrected chi connectivity index (χ0v) is 38.5. The van der Waals surface area contributed by atoms with Crippen molar-refractivity contribution in [1.82, 2.24) is 9.80 Å². The second-order valence-corrected chi connectivity index (χ2v) is 28.0. The molecule has 6 unspecified atom stereocenters. The van der Waals surface area contributed by atoms with E-state index < -0.39 is 13.5 Å². The predicted molar refractivity (Wildman–Crippen MR) is 231 cm³/mol. The van der Waals surface area contributed by atoms with Crippen molar-refractivity contribution in [2.45, 2.75) is 193 Å². The van der Waals surface area contributed by atoms with Gasteiger partial charge in [-0.1, -0.05) is 60.8 Å².